The number of benzene rings is 1. The number of sulfonamides is 1. The third-order valence-corrected chi connectivity index (χ3v) is 3.32. The van der Waals surface area contributed by atoms with Gasteiger partial charge in [0.25, 0.3) is 5.91 Å². The lowest BCUT2D eigenvalue weighted by Crippen LogP contribution is -2.32. The Labute approximate surface area is 132 Å². The van der Waals surface area contributed by atoms with Crippen molar-refractivity contribution in [3.8, 4) is 0 Å². The number of nitrogens with one attached hydrogen (secondary N) is 2. The number of anilines is 1. The van der Waals surface area contributed by atoms with E-state index in [1.165, 1.54) is 0 Å². The summed E-state index contributed by atoms with van der Waals surface area (Å²) in [5, 5.41) is 2.75. The van der Waals surface area contributed by atoms with Crippen LogP contribution in [0.3, 0.4) is 0 Å². The first-order valence-electron chi connectivity index (χ1n) is 6.29. The Balaban J connectivity index is 0.00000400. The van der Waals surface area contributed by atoms with Crippen LogP contribution in [0.15, 0.2) is 18.2 Å². The molecule has 0 spiro atoms. The van der Waals surface area contributed by atoms with E-state index < -0.39 is 10.0 Å². The smallest absolute Gasteiger partial charge is 0.253 e. The molecule has 0 saturated heterocycles. The Bertz CT molecular complexity index is 590. The van der Waals surface area contributed by atoms with E-state index in [4.69, 9.17) is 5.73 Å². The quantitative estimate of drug-likeness (QED) is 0.724. The molecule has 4 N–H and O–H groups in total. The molecule has 1 rings (SSSR count). The van der Waals surface area contributed by atoms with E-state index in [1.807, 2.05) is 13.8 Å². The summed E-state index contributed by atoms with van der Waals surface area (Å²) in [6.07, 6.45) is 1.05. The SMILES string of the molecule is Cc1ccc(NS(C)(=O)=O)c(C(=O)NCC(C)CN)c1.Cl. The van der Waals surface area contributed by atoms with E-state index >= 15 is 0 Å². The highest BCUT2D eigenvalue weighted by molar-refractivity contribution is 7.92. The van der Waals surface area contributed by atoms with Crippen molar-refractivity contribution >= 4 is 34.0 Å². The third-order valence-electron chi connectivity index (χ3n) is 2.73. The Hall–Kier alpha value is -1.31. The van der Waals surface area contributed by atoms with Gasteiger partial charge in [-0.05, 0) is 31.5 Å². The molecule has 0 aliphatic rings. The van der Waals surface area contributed by atoms with Gasteiger partial charge in [0.1, 0.15) is 0 Å². The Morgan fingerprint density at radius 2 is 2.00 bits per heavy atom. The van der Waals surface area contributed by atoms with E-state index in [2.05, 4.69) is 10.0 Å². The lowest BCUT2D eigenvalue weighted by Gasteiger charge is -2.14. The van der Waals surface area contributed by atoms with E-state index in [0.717, 1.165) is 11.8 Å². The second-order valence-electron chi connectivity index (χ2n) is 4.97. The average molecular weight is 336 g/mol. The van der Waals surface area contributed by atoms with Crippen LogP contribution >= 0.6 is 12.4 Å². The summed E-state index contributed by atoms with van der Waals surface area (Å²) in [7, 11) is -3.43. The minimum absolute atomic E-state index is 0. The third kappa shape index (κ3) is 6.79. The standard InChI is InChI=1S/C13H21N3O3S.ClH/c1-9-4-5-12(16-20(3,18)19)11(6-9)13(17)15-8-10(2)7-14;/h4-6,10,16H,7-8,14H2,1-3H3,(H,15,17);1H. The molecule has 1 atom stereocenters. The number of amides is 1. The topological polar surface area (TPSA) is 101 Å². The molecule has 0 fully saturated rings. The molecule has 8 heteroatoms. The van der Waals surface area contributed by atoms with Crippen molar-refractivity contribution in [2.75, 3.05) is 24.1 Å². The first kappa shape index (κ1) is 19.7. The summed E-state index contributed by atoms with van der Waals surface area (Å²) >= 11 is 0. The van der Waals surface area contributed by atoms with Gasteiger partial charge in [-0.2, -0.15) is 0 Å². The monoisotopic (exact) mass is 335 g/mol. The average Bonchev–Trinajstić information content (AvgIpc) is 2.36. The lowest BCUT2D eigenvalue weighted by atomic mass is 10.1. The molecule has 1 aromatic carbocycles. The number of halogens is 1. The summed E-state index contributed by atoms with van der Waals surface area (Å²) in [5.74, 6) is -0.157. The molecule has 0 aromatic heterocycles. The largest absolute Gasteiger partial charge is 0.352 e. The van der Waals surface area contributed by atoms with Crippen LogP contribution in [0.4, 0.5) is 5.69 Å². The molecule has 120 valence electrons. The molecule has 1 unspecified atom stereocenters. The van der Waals surface area contributed by atoms with Crippen molar-refractivity contribution in [1.29, 1.82) is 0 Å². The first-order chi connectivity index (χ1) is 9.23. The molecule has 21 heavy (non-hydrogen) atoms. The summed E-state index contributed by atoms with van der Waals surface area (Å²) in [6, 6.07) is 4.97. The fourth-order valence-corrected chi connectivity index (χ4v) is 2.16. The van der Waals surface area contributed by atoms with Gasteiger partial charge in [-0.3, -0.25) is 9.52 Å². The Kier molecular flexibility index (Phi) is 7.70. The second kappa shape index (κ2) is 8.21. The van der Waals surface area contributed by atoms with Gasteiger partial charge < -0.3 is 11.1 Å². The number of rotatable bonds is 6. The molecule has 1 amide bonds. The number of hydrogen-bond donors (Lipinski definition) is 3. The van der Waals surface area contributed by atoms with Crippen LogP contribution in [-0.2, 0) is 10.0 Å². The van der Waals surface area contributed by atoms with Crippen LogP contribution in [0, 0.1) is 12.8 Å². The van der Waals surface area contributed by atoms with Crippen LogP contribution < -0.4 is 15.8 Å². The van der Waals surface area contributed by atoms with Gasteiger partial charge in [-0.1, -0.05) is 18.6 Å². The van der Waals surface area contributed by atoms with Gasteiger partial charge in [-0.15, -0.1) is 12.4 Å². The fraction of sp³-hybridized carbons (Fsp3) is 0.462. The molecule has 0 bridgehead atoms. The fourth-order valence-electron chi connectivity index (χ4n) is 1.58. The maximum atomic E-state index is 12.1. The number of carbonyl (C=O) groups excluding carboxylic acids is 1. The number of aryl methyl sites for hydroxylation is 1. The van der Waals surface area contributed by atoms with Crippen LogP contribution in [0.5, 0.6) is 0 Å². The molecule has 0 heterocycles. The van der Waals surface area contributed by atoms with E-state index in [0.29, 0.717) is 18.7 Å². The summed E-state index contributed by atoms with van der Waals surface area (Å²) < 4.78 is 25.0. The van der Waals surface area contributed by atoms with Crippen molar-refractivity contribution in [2.45, 2.75) is 13.8 Å². The predicted octanol–water partition coefficient (Wildman–Crippen LogP) is 1.11. The second-order valence-corrected chi connectivity index (χ2v) is 6.72. The summed E-state index contributed by atoms with van der Waals surface area (Å²) in [4.78, 5) is 12.1. The van der Waals surface area contributed by atoms with Crippen molar-refractivity contribution in [1.82, 2.24) is 5.32 Å². The van der Waals surface area contributed by atoms with Crippen molar-refractivity contribution in [3.05, 3.63) is 29.3 Å². The van der Waals surface area contributed by atoms with E-state index in [9.17, 15) is 13.2 Å². The lowest BCUT2D eigenvalue weighted by molar-refractivity contribution is 0.0949. The van der Waals surface area contributed by atoms with Crippen LogP contribution in [-0.4, -0.2) is 33.7 Å². The van der Waals surface area contributed by atoms with Crippen LogP contribution in [0.2, 0.25) is 0 Å². The molecule has 0 radical (unpaired) electrons. The van der Waals surface area contributed by atoms with Crippen molar-refractivity contribution < 1.29 is 13.2 Å². The highest BCUT2D eigenvalue weighted by atomic mass is 35.5. The summed E-state index contributed by atoms with van der Waals surface area (Å²) in [6.45, 7) is 4.68. The molecule has 0 aliphatic heterocycles. The Morgan fingerprint density at radius 3 is 2.52 bits per heavy atom. The molecule has 1 aromatic rings. The van der Waals surface area contributed by atoms with Gasteiger partial charge >= 0.3 is 0 Å². The highest BCUT2D eigenvalue weighted by Gasteiger charge is 2.14. The zero-order chi connectivity index (χ0) is 15.3. The highest BCUT2D eigenvalue weighted by Crippen LogP contribution is 2.18. The van der Waals surface area contributed by atoms with Gasteiger partial charge in [0.05, 0.1) is 17.5 Å². The maximum absolute atomic E-state index is 12.1. The minimum Gasteiger partial charge on any atom is -0.352 e. The van der Waals surface area contributed by atoms with E-state index in [-0.39, 0.29) is 29.9 Å². The Morgan fingerprint density at radius 1 is 1.38 bits per heavy atom. The number of nitrogens with two attached hydrogens (primary N) is 1. The number of hydrogen-bond acceptors (Lipinski definition) is 4. The first-order valence-corrected chi connectivity index (χ1v) is 8.18. The van der Waals surface area contributed by atoms with E-state index in [1.54, 1.807) is 18.2 Å². The van der Waals surface area contributed by atoms with Gasteiger partial charge in [0.2, 0.25) is 10.0 Å². The van der Waals surface area contributed by atoms with Crippen molar-refractivity contribution in [2.24, 2.45) is 11.7 Å². The number of carbonyl (C=O) groups is 1. The molecule has 6 nitrogen and oxygen atoms in total. The zero-order valence-electron chi connectivity index (χ0n) is 12.3. The zero-order valence-corrected chi connectivity index (χ0v) is 14.0. The van der Waals surface area contributed by atoms with Crippen LogP contribution in [0.1, 0.15) is 22.8 Å². The van der Waals surface area contributed by atoms with Gasteiger partial charge in [0, 0.05) is 6.54 Å². The summed E-state index contributed by atoms with van der Waals surface area (Å²) in [5.41, 5.74) is 6.95. The van der Waals surface area contributed by atoms with Gasteiger partial charge in [0.15, 0.2) is 0 Å². The normalized spacial score (nSPS) is 12.2. The molecular weight excluding hydrogens is 314 g/mol. The molecular formula is C13H22ClN3O3S. The van der Waals surface area contributed by atoms with Crippen LogP contribution in [0.25, 0.3) is 0 Å². The molecule has 0 saturated carbocycles. The maximum Gasteiger partial charge on any atom is 0.253 e. The minimum atomic E-state index is -3.43. The predicted molar refractivity (Wildman–Crippen MR) is 87.4 cm³/mol. The van der Waals surface area contributed by atoms with Gasteiger partial charge in [-0.25, -0.2) is 8.42 Å². The molecule has 0 aliphatic carbocycles. The van der Waals surface area contributed by atoms with Crippen molar-refractivity contribution in [3.63, 3.8) is 0 Å².